The number of hydrogen-bond donors (Lipinski definition) is 1. The van der Waals surface area contributed by atoms with Gasteiger partial charge in [-0.1, -0.05) is 29.8 Å². The van der Waals surface area contributed by atoms with Crippen LogP contribution in [-0.2, 0) is 4.79 Å². The lowest BCUT2D eigenvalue weighted by molar-refractivity contribution is -0.179. The van der Waals surface area contributed by atoms with Gasteiger partial charge in [-0.3, -0.25) is 19.7 Å². The number of benzene rings is 2. The topological polar surface area (TPSA) is 89.3 Å². The van der Waals surface area contributed by atoms with Crippen molar-refractivity contribution in [2.75, 3.05) is 56.5 Å². The van der Waals surface area contributed by atoms with Crippen molar-refractivity contribution in [3.05, 3.63) is 63.0 Å². The number of nitrogens with zero attached hydrogens (tertiary/aromatic N) is 7. The molecule has 0 saturated carbocycles. The molecule has 1 unspecified atom stereocenters. The molecule has 18 heteroatoms. The van der Waals surface area contributed by atoms with Gasteiger partial charge in [-0.2, -0.15) is 23.3 Å². The standard InChI is InChI=1S/C31H29Cl2F5N8O2S/c1-3-24(47)43-5-7-44(15(2)11-43)28-18-9-20(33)25(17-8-19(32)22(35)10-21(17)34)27-26(18)46(30(48)39-28)16(14-49-27)12-42-4-6-45-23(13-42)40-41-29(45)31(36,37)38/h3,8-10,15-16,29,41H,1,4-7,11-14H2,2H3/t15-,16-,29?/m0/s1. The third kappa shape index (κ3) is 5.89. The minimum Gasteiger partial charge on any atom is -0.350 e. The van der Waals surface area contributed by atoms with Crippen LogP contribution in [0.4, 0.5) is 27.8 Å². The minimum absolute atomic E-state index is 0.0383. The van der Waals surface area contributed by atoms with E-state index in [0.29, 0.717) is 66.2 Å². The Morgan fingerprint density at radius 1 is 1.10 bits per heavy atom. The number of piperazine rings is 2. The Labute approximate surface area is 291 Å². The number of carbonyl (C=O) groups excluding carboxylic acids is 1. The van der Waals surface area contributed by atoms with E-state index in [9.17, 15) is 27.2 Å². The number of aromatic nitrogens is 2. The number of fused-ring (bicyclic) bond motifs is 1. The molecule has 0 radical (unpaired) electrons. The summed E-state index contributed by atoms with van der Waals surface area (Å²) in [6.45, 7) is 7.34. The van der Waals surface area contributed by atoms with Crippen LogP contribution in [0.2, 0.25) is 10.0 Å². The maximum atomic E-state index is 15.4. The fraction of sp³-hybridized carbons (Fsp3) is 0.419. The molecular formula is C31H29Cl2F5N8O2S. The van der Waals surface area contributed by atoms with Crippen molar-refractivity contribution in [1.82, 2.24) is 29.7 Å². The summed E-state index contributed by atoms with van der Waals surface area (Å²) >= 11 is 14.3. The molecule has 10 nitrogen and oxygen atoms in total. The summed E-state index contributed by atoms with van der Waals surface area (Å²) in [5.74, 6) is -1.11. The van der Waals surface area contributed by atoms with Gasteiger partial charge in [-0.25, -0.2) is 13.6 Å². The molecule has 0 aliphatic carbocycles. The Morgan fingerprint density at radius 3 is 2.57 bits per heavy atom. The first-order valence-electron chi connectivity index (χ1n) is 15.4. The number of halogens is 7. The van der Waals surface area contributed by atoms with Crippen LogP contribution in [0, 0.1) is 11.6 Å². The van der Waals surface area contributed by atoms with Crippen molar-refractivity contribution in [3.8, 4) is 11.1 Å². The Bertz CT molecular complexity index is 1980. The fourth-order valence-electron chi connectivity index (χ4n) is 7.01. The second kappa shape index (κ2) is 12.6. The summed E-state index contributed by atoms with van der Waals surface area (Å²) in [6.07, 6.45) is -5.13. The zero-order valence-electron chi connectivity index (χ0n) is 25.9. The molecule has 3 aromatic rings. The second-order valence-electron chi connectivity index (χ2n) is 12.3. The highest BCUT2D eigenvalue weighted by atomic mass is 35.5. The first-order valence-corrected chi connectivity index (χ1v) is 17.1. The molecule has 5 heterocycles. The van der Waals surface area contributed by atoms with Gasteiger partial charge in [0.25, 0.3) is 0 Å². The Kier molecular flexibility index (Phi) is 8.73. The number of amidine groups is 1. The van der Waals surface area contributed by atoms with E-state index < -0.39 is 35.7 Å². The van der Waals surface area contributed by atoms with Crippen LogP contribution in [0.5, 0.6) is 0 Å². The number of hydrogen-bond acceptors (Lipinski definition) is 9. The third-order valence-electron chi connectivity index (χ3n) is 9.31. The van der Waals surface area contributed by atoms with E-state index in [4.69, 9.17) is 23.2 Å². The van der Waals surface area contributed by atoms with Crippen LogP contribution in [0.3, 0.4) is 0 Å². The molecule has 49 heavy (non-hydrogen) atoms. The second-order valence-corrected chi connectivity index (χ2v) is 14.2. The lowest BCUT2D eigenvalue weighted by Crippen LogP contribution is -2.58. The molecule has 2 aromatic carbocycles. The van der Waals surface area contributed by atoms with E-state index in [0.717, 1.165) is 6.07 Å². The van der Waals surface area contributed by atoms with Gasteiger partial charge in [-0.15, -0.1) is 11.8 Å². The summed E-state index contributed by atoms with van der Waals surface area (Å²) in [7, 11) is 0. The quantitative estimate of drug-likeness (QED) is 0.224. The van der Waals surface area contributed by atoms with Crippen molar-refractivity contribution >= 4 is 63.4 Å². The Balaban J connectivity index is 1.32. The maximum absolute atomic E-state index is 15.4. The molecule has 1 amide bonds. The Morgan fingerprint density at radius 2 is 1.86 bits per heavy atom. The van der Waals surface area contributed by atoms with Crippen LogP contribution in [0.25, 0.3) is 22.0 Å². The number of anilines is 1. The van der Waals surface area contributed by atoms with Crippen LogP contribution in [0.15, 0.2) is 45.6 Å². The number of alkyl halides is 3. The molecule has 7 rings (SSSR count). The van der Waals surface area contributed by atoms with Gasteiger partial charge in [0.05, 0.1) is 28.1 Å². The normalized spacial score (nSPS) is 22.7. The monoisotopic (exact) mass is 742 g/mol. The lowest BCUT2D eigenvalue weighted by Gasteiger charge is -2.41. The molecular weight excluding hydrogens is 714 g/mol. The predicted molar refractivity (Wildman–Crippen MR) is 178 cm³/mol. The highest BCUT2D eigenvalue weighted by Gasteiger charge is 2.49. The molecule has 4 aliphatic rings. The van der Waals surface area contributed by atoms with E-state index in [2.05, 4.69) is 22.1 Å². The number of amides is 1. The van der Waals surface area contributed by atoms with Gasteiger partial charge in [0.1, 0.15) is 23.3 Å². The molecule has 2 saturated heterocycles. The summed E-state index contributed by atoms with van der Waals surface area (Å²) in [6, 6.07) is 2.72. The maximum Gasteiger partial charge on any atom is 0.428 e. The van der Waals surface area contributed by atoms with Gasteiger partial charge in [0.15, 0.2) is 0 Å². The van der Waals surface area contributed by atoms with Gasteiger partial charge in [0, 0.05) is 78.5 Å². The molecule has 1 N–H and O–H groups in total. The van der Waals surface area contributed by atoms with Crippen LogP contribution in [-0.4, -0.2) is 106 Å². The van der Waals surface area contributed by atoms with Gasteiger partial charge in [0.2, 0.25) is 12.1 Å². The zero-order chi connectivity index (χ0) is 34.9. The van der Waals surface area contributed by atoms with Crippen LogP contribution < -0.4 is 16.0 Å². The number of rotatable bonds is 5. The van der Waals surface area contributed by atoms with E-state index in [1.54, 1.807) is 11.0 Å². The minimum atomic E-state index is -4.50. The average Bonchev–Trinajstić information content (AvgIpc) is 3.49. The average molecular weight is 744 g/mol. The largest absolute Gasteiger partial charge is 0.428 e. The lowest BCUT2D eigenvalue weighted by atomic mass is 10.0. The first kappa shape index (κ1) is 33.9. The summed E-state index contributed by atoms with van der Waals surface area (Å²) < 4.78 is 71.6. The smallest absolute Gasteiger partial charge is 0.350 e. The highest BCUT2D eigenvalue weighted by Crippen LogP contribution is 2.49. The van der Waals surface area contributed by atoms with Crippen LogP contribution in [0.1, 0.15) is 13.0 Å². The molecule has 0 spiro atoms. The van der Waals surface area contributed by atoms with Gasteiger partial charge < -0.3 is 14.7 Å². The molecule has 4 aliphatic heterocycles. The highest BCUT2D eigenvalue weighted by molar-refractivity contribution is 7.99. The van der Waals surface area contributed by atoms with Gasteiger partial charge in [-0.05, 0) is 25.1 Å². The third-order valence-corrected chi connectivity index (χ3v) is 11.1. The predicted octanol–water partition coefficient (Wildman–Crippen LogP) is 4.94. The van der Waals surface area contributed by atoms with Crippen molar-refractivity contribution < 1.29 is 26.7 Å². The number of carbonyl (C=O) groups is 1. The fourth-order valence-corrected chi connectivity index (χ4v) is 8.86. The molecule has 0 bridgehead atoms. The number of thioether (sulfide) groups is 1. The van der Waals surface area contributed by atoms with Crippen molar-refractivity contribution in [3.63, 3.8) is 0 Å². The summed E-state index contributed by atoms with van der Waals surface area (Å²) in [5.41, 5.74) is 2.26. The van der Waals surface area contributed by atoms with E-state index in [1.807, 2.05) is 16.7 Å². The SMILES string of the molecule is C=CC(=O)N1CCN(c2nc(=O)n3c4c(c(-c5cc(Cl)c(F)cc5F)c(Cl)cc24)SC[C@@H]3CN2CCN3C(=NNC3C(F)(F)F)C2)[C@@H](C)C1. The molecule has 1 aromatic heterocycles. The molecule has 2 fully saturated rings. The van der Waals surface area contributed by atoms with Crippen molar-refractivity contribution in [1.29, 1.82) is 0 Å². The van der Waals surface area contributed by atoms with E-state index >= 15 is 4.39 Å². The number of nitrogens with one attached hydrogen (secondary N) is 1. The number of hydrazone groups is 1. The Hall–Kier alpha value is -3.60. The van der Waals surface area contributed by atoms with Crippen molar-refractivity contribution in [2.24, 2.45) is 5.10 Å². The molecule has 260 valence electrons. The first-order chi connectivity index (χ1) is 23.3. The summed E-state index contributed by atoms with van der Waals surface area (Å²) in [4.78, 5) is 38.2. The van der Waals surface area contributed by atoms with E-state index in [1.165, 1.54) is 27.3 Å². The van der Waals surface area contributed by atoms with E-state index in [-0.39, 0.29) is 52.0 Å². The summed E-state index contributed by atoms with van der Waals surface area (Å²) in [5, 5.41) is 4.29. The van der Waals surface area contributed by atoms with Crippen LogP contribution >= 0.6 is 35.0 Å². The molecule has 3 atom stereocenters. The zero-order valence-corrected chi connectivity index (χ0v) is 28.2. The van der Waals surface area contributed by atoms with Crippen molar-refractivity contribution in [2.45, 2.75) is 36.2 Å². The van der Waals surface area contributed by atoms with Gasteiger partial charge >= 0.3 is 11.9 Å².